The van der Waals surface area contributed by atoms with Crippen LogP contribution in [0.2, 0.25) is 0 Å². The minimum atomic E-state index is -0.546. The Morgan fingerprint density at radius 3 is 1.45 bits per heavy atom. The fourth-order valence-corrected chi connectivity index (χ4v) is 11.5. The number of rotatable bonds is 10. The number of ether oxygens (including phenoxy) is 2. The van der Waals surface area contributed by atoms with E-state index in [1.807, 2.05) is 17.8 Å². The molecule has 250 valence electrons. The molecule has 0 bridgehead atoms. The molecule has 0 amide bonds. The van der Waals surface area contributed by atoms with Crippen LogP contribution in [0, 0.1) is 29.6 Å². The molecule has 1 heterocycles. The molecule has 0 aromatic heterocycles. The Labute approximate surface area is 273 Å². The summed E-state index contributed by atoms with van der Waals surface area (Å²) in [6.45, 7) is 9.01. The van der Waals surface area contributed by atoms with Gasteiger partial charge in [-0.1, -0.05) is 13.8 Å². The average Bonchev–Trinajstić information content (AvgIpc) is 3.51. The molecule has 5 aliphatic rings. The van der Waals surface area contributed by atoms with Crippen LogP contribution in [0.4, 0.5) is 0 Å². The molecule has 0 radical (unpaired) electrons. The first kappa shape index (κ1) is 34.3. The highest BCUT2D eigenvalue weighted by molar-refractivity contribution is 8.00. The number of thioether (sulfide) groups is 1. The zero-order valence-corrected chi connectivity index (χ0v) is 29.3. The van der Waals surface area contributed by atoms with Crippen LogP contribution in [-0.2, 0) is 19.1 Å². The zero-order chi connectivity index (χ0) is 31.1. The highest BCUT2D eigenvalue weighted by Crippen LogP contribution is 2.48. The molecule has 0 aromatic carbocycles. The van der Waals surface area contributed by atoms with Crippen LogP contribution in [0.1, 0.15) is 143 Å². The molecule has 5 fully saturated rings. The predicted molar refractivity (Wildman–Crippen MR) is 182 cm³/mol. The second-order valence-electron chi connectivity index (χ2n) is 15.3. The summed E-state index contributed by atoms with van der Waals surface area (Å²) in [7, 11) is 0. The second kappa shape index (κ2) is 16.7. The van der Waals surface area contributed by atoms with E-state index >= 15 is 0 Å². The summed E-state index contributed by atoms with van der Waals surface area (Å²) in [5, 5.41) is 0.836. The Hall–Kier alpha value is -1.01. The van der Waals surface area contributed by atoms with Crippen LogP contribution >= 0.6 is 11.8 Å². The van der Waals surface area contributed by atoms with Gasteiger partial charge in [0.25, 0.3) is 0 Å². The van der Waals surface area contributed by atoms with Crippen LogP contribution in [-0.4, -0.2) is 58.7 Å². The summed E-state index contributed by atoms with van der Waals surface area (Å²) in [6.07, 6.45) is 26.9. The lowest BCUT2D eigenvalue weighted by molar-refractivity contribution is -0.146. The Morgan fingerprint density at radius 1 is 0.591 bits per heavy atom. The summed E-state index contributed by atoms with van der Waals surface area (Å²) in [5.41, 5.74) is 0.0841. The number of hydrogen-bond acceptors (Lipinski definition) is 6. The van der Waals surface area contributed by atoms with E-state index in [4.69, 9.17) is 9.47 Å². The first-order valence-corrected chi connectivity index (χ1v) is 19.8. The third kappa shape index (κ3) is 8.87. The van der Waals surface area contributed by atoms with Gasteiger partial charge < -0.3 is 9.47 Å². The van der Waals surface area contributed by atoms with Crippen molar-refractivity contribution in [2.45, 2.75) is 172 Å². The Kier molecular flexibility index (Phi) is 13.0. The summed E-state index contributed by atoms with van der Waals surface area (Å²) in [4.78, 5) is 28.1. The lowest BCUT2D eigenvalue weighted by Crippen LogP contribution is -2.52. The highest BCUT2D eigenvalue weighted by atomic mass is 32.2. The van der Waals surface area contributed by atoms with Crippen molar-refractivity contribution in [1.29, 1.82) is 0 Å². The van der Waals surface area contributed by atoms with E-state index < -0.39 is 11.9 Å². The quantitative estimate of drug-likeness (QED) is 0.104. The number of hydrogen-bond donors (Lipinski definition) is 0. The molecule has 4 aliphatic carbocycles. The minimum absolute atomic E-state index is 0.0841. The molecule has 1 saturated heterocycles. The molecule has 44 heavy (non-hydrogen) atoms. The van der Waals surface area contributed by atoms with Gasteiger partial charge in [0.2, 0.25) is 0 Å². The minimum Gasteiger partial charge on any atom is -0.462 e. The van der Waals surface area contributed by atoms with Gasteiger partial charge in [0.05, 0.1) is 13.2 Å². The standard InChI is InChI=1S/C38H63NO4S/c1-5-42-37(40)35(38(41)43-6-2)25-34-23-24-36(44-34)30-13-11-28(12-14-30)29-15-21-33(22-16-29)39(31-17-7-26(3)8-18-31)32-19-9-27(4)10-20-32/h25-34,36H,5-24H2,1-4H3. The van der Waals surface area contributed by atoms with Gasteiger partial charge in [-0.05, 0) is 165 Å². The van der Waals surface area contributed by atoms with Crippen LogP contribution in [0.3, 0.4) is 0 Å². The molecule has 2 unspecified atom stereocenters. The lowest BCUT2D eigenvalue weighted by Gasteiger charge is -2.50. The van der Waals surface area contributed by atoms with Crippen molar-refractivity contribution in [1.82, 2.24) is 4.90 Å². The number of esters is 2. The topological polar surface area (TPSA) is 55.8 Å². The predicted octanol–water partition coefficient (Wildman–Crippen LogP) is 9.13. The Balaban J connectivity index is 1.10. The monoisotopic (exact) mass is 629 g/mol. The normalized spacial score (nSPS) is 38.2. The summed E-state index contributed by atoms with van der Waals surface area (Å²) in [5.74, 6) is 3.41. The first-order chi connectivity index (χ1) is 21.4. The molecule has 2 atom stereocenters. The van der Waals surface area contributed by atoms with Gasteiger partial charge in [-0.15, -0.1) is 0 Å². The van der Waals surface area contributed by atoms with Crippen molar-refractivity contribution in [3.05, 3.63) is 11.6 Å². The van der Waals surface area contributed by atoms with Gasteiger partial charge in [0.15, 0.2) is 0 Å². The van der Waals surface area contributed by atoms with Gasteiger partial charge in [0.1, 0.15) is 5.57 Å². The van der Waals surface area contributed by atoms with E-state index in [0.717, 1.165) is 54.1 Å². The maximum Gasteiger partial charge on any atom is 0.345 e. The maximum absolute atomic E-state index is 12.5. The average molecular weight is 630 g/mol. The van der Waals surface area contributed by atoms with Crippen LogP contribution in [0.25, 0.3) is 0 Å². The van der Waals surface area contributed by atoms with Crippen molar-refractivity contribution >= 4 is 23.7 Å². The van der Waals surface area contributed by atoms with Gasteiger partial charge in [-0.3, -0.25) is 4.90 Å². The molecular weight excluding hydrogens is 566 g/mol. The van der Waals surface area contributed by atoms with E-state index in [1.54, 1.807) is 13.8 Å². The Morgan fingerprint density at radius 2 is 1.00 bits per heavy atom. The highest BCUT2D eigenvalue weighted by Gasteiger charge is 2.40. The fourth-order valence-electron chi connectivity index (χ4n) is 9.82. The van der Waals surface area contributed by atoms with Crippen LogP contribution < -0.4 is 0 Å². The molecule has 0 spiro atoms. The van der Waals surface area contributed by atoms with Gasteiger partial charge in [-0.2, -0.15) is 11.8 Å². The van der Waals surface area contributed by atoms with Crippen molar-refractivity contribution in [2.75, 3.05) is 13.2 Å². The third-order valence-corrected chi connectivity index (χ3v) is 14.1. The number of nitrogens with zero attached hydrogens (tertiary/aromatic N) is 1. The van der Waals surface area contributed by atoms with E-state index in [2.05, 4.69) is 18.7 Å². The van der Waals surface area contributed by atoms with Crippen molar-refractivity contribution in [3.8, 4) is 0 Å². The van der Waals surface area contributed by atoms with Crippen LogP contribution in [0.15, 0.2) is 11.6 Å². The van der Waals surface area contributed by atoms with Crippen molar-refractivity contribution < 1.29 is 19.1 Å². The lowest BCUT2D eigenvalue weighted by atomic mass is 9.69. The first-order valence-electron chi connectivity index (χ1n) is 18.8. The van der Waals surface area contributed by atoms with Gasteiger partial charge in [-0.25, -0.2) is 9.59 Å². The SMILES string of the molecule is CCOC(=O)C(=CC1CCC(C2CCC(C3CCC(N(C4CCC(C)CC4)C4CCC(C)CC4)CC3)CC2)S1)C(=O)OCC. The number of carbonyl (C=O) groups is 2. The molecular formula is C38H63NO4S. The smallest absolute Gasteiger partial charge is 0.345 e. The summed E-state index contributed by atoms with van der Waals surface area (Å²) < 4.78 is 10.3. The fraction of sp³-hybridized carbons (Fsp3) is 0.895. The van der Waals surface area contributed by atoms with Crippen LogP contribution in [0.5, 0.6) is 0 Å². The van der Waals surface area contributed by atoms with Crippen molar-refractivity contribution in [2.24, 2.45) is 29.6 Å². The third-order valence-electron chi connectivity index (χ3n) is 12.4. The van der Waals surface area contributed by atoms with E-state index in [1.165, 1.54) is 109 Å². The van der Waals surface area contributed by atoms with E-state index in [-0.39, 0.29) is 24.0 Å². The second-order valence-corrected chi connectivity index (χ2v) is 16.8. The molecule has 5 rings (SSSR count). The number of carbonyl (C=O) groups excluding carboxylic acids is 2. The van der Waals surface area contributed by atoms with E-state index in [0.29, 0.717) is 5.25 Å². The van der Waals surface area contributed by atoms with Gasteiger partial charge in [0, 0.05) is 28.6 Å². The maximum atomic E-state index is 12.5. The van der Waals surface area contributed by atoms with Crippen molar-refractivity contribution in [3.63, 3.8) is 0 Å². The molecule has 1 aliphatic heterocycles. The van der Waals surface area contributed by atoms with Gasteiger partial charge >= 0.3 is 11.9 Å². The largest absolute Gasteiger partial charge is 0.462 e. The summed E-state index contributed by atoms with van der Waals surface area (Å²) in [6, 6.07) is 2.55. The molecule has 5 nitrogen and oxygen atoms in total. The molecule has 0 aromatic rings. The molecule has 0 N–H and O–H groups in total. The van der Waals surface area contributed by atoms with E-state index in [9.17, 15) is 9.59 Å². The summed E-state index contributed by atoms with van der Waals surface area (Å²) >= 11 is 1.99. The Bertz CT molecular complexity index is 894. The zero-order valence-electron chi connectivity index (χ0n) is 28.5. The molecule has 6 heteroatoms. The molecule has 4 saturated carbocycles.